The van der Waals surface area contributed by atoms with Gasteiger partial charge in [0.15, 0.2) is 0 Å². The van der Waals surface area contributed by atoms with Gasteiger partial charge in [0.25, 0.3) is 0 Å². The van der Waals surface area contributed by atoms with Gasteiger partial charge in [-0.1, -0.05) is 29.3 Å². The van der Waals surface area contributed by atoms with Gasteiger partial charge in [-0.05, 0) is 17.7 Å². The number of carbonyl (C=O) groups excluding carboxylic acids is 1. The molecule has 1 aliphatic heterocycles. The molecule has 1 aliphatic rings. The minimum atomic E-state index is -1.01. The van der Waals surface area contributed by atoms with Crippen LogP contribution in [0, 0.1) is 0 Å². The number of nitrogens with zero attached hydrogens (tertiary/aromatic N) is 2. The number of hydrogen-bond acceptors (Lipinski definition) is 4. The summed E-state index contributed by atoms with van der Waals surface area (Å²) in [5, 5.41) is 20.8. The van der Waals surface area contributed by atoms with Gasteiger partial charge in [-0.3, -0.25) is 5.32 Å². The van der Waals surface area contributed by atoms with Crippen LogP contribution in [-0.4, -0.2) is 46.3 Å². The van der Waals surface area contributed by atoms with Crippen LogP contribution in [0.25, 0.3) is 0 Å². The second-order valence-corrected chi connectivity index (χ2v) is 6.79. The molecule has 2 aromatic rings. The summed E-state index contributed by atoms with van der Waals surface area (Å²) < 4.78 is 6.76. The van der Waals surface area contributed by atoms with Crippen LogP contribution in [0.4, 0.5) is 10.6 Å². The van der Waals surface area contributed by atoms with Crippen LogP contribution in [0.3, 0.4) is 0 Å². The fraction of sp³-hybridized carbons (Fsp3) is 0.375. The third kappa shape index (κ3) is 4.64. The molecule has 7 nitrogen and oxygen atoms in total. The summed E-state index contributed by atoms with van der Waals surface area (Å²) in [6.45, 7) is 1.22. The van der Waals surface area contributed by atoms with Gasteiger partial charge in [0.1, 0.15) is 11.4 Å². The Hall–Kier alpha value is -1.80. The van der Waals surface area contributed by atoms with Crippen LogP contribution < -0.4 is 10.6 Å². The van der Waals surface area contributed by atoms with E-state index in [0.717, 1.165) is 5.56 Å². The van der Waals surface area contributed by atoms with Crippen LogP contribution >= 0.6 is 23.2 Å². The summed E-state index contributed by atoms with van der Waals surface area (Å²) in [5.74, 6) is 0.512. The maximum atomic E-state index is 12.1. The lowest BCUT2D eigenvalue weighted by Gasteiger charge is -2.20. The van der Waals surface area contributed by atoms with Gasteiger partial charge in [0.05, 0.1) is 25.9 Å². The molecule has 1 fully saturated rings. The molecule has 1 saturated heterocycles. The quantitative estimate of drug-likeness (QED) is 0.738. The molecule has 1 unspecified atom stereocenters. The molecule has 3 rings (SSSR count). The maximum absolute atomic E-state index is 12.1. The number of amides is 2. The average molecular weight is 385 g/mol. The molecule has 0 bridgehead atoms. The molecule has 1 aromatic heterocycles. The highest BCUT2D eigenvalue weighted by Crippen LogP contribution is 2.22. The first-order valence-corrected chi connectivity index (χ1v) is 8.51. The van der Waals surface area contributed by atoms with E-state index in [9.17, 15) is 9.90 Å². The zero-order valence-corrected chi connectivity index (χ0v) is 14.8. The standard InChI is InChI=1S/C16H18Cl2N4O3/c17-12-2-1-11(13(18)7-12)8-22-14(3-5-20-22)21-15(23)19-9-16(24)4-6-25-10-16/h1-3,5,7,24H,4,6,8-10H2,(H2,19,21,23). The summed E-state index contributed by atoms with van der Waals surface area (Å²) in [4.78, 5) is 12.1. The van der Waals surface area contributed by atoms with Gasteiger partial charge in [0.2, 0.25) is 0 Å². The average Bonchev–Trinajstić information content (AvgIpc) is 3.18. The maximum Gasteiger partial charge on any atom is 0.320 e. The number of rotatable bonds is 5. The molecule has 0 spiro atoms. The number of urea groups is 1. The first-order chi connectivity index (χ1) is 12.0. The fourth-order valence-corrected chi connectivity index (χ4v) is 2.99. The first kappa shape index (κ1) is 18.0. The third-order valence-electron chi connectivity index (χ3n) is 3.95. The van der Waals surface area contributed by atoms with E-state index in [1.807, 2.05) is 6.07 Å². The summed E-state index contributed by atoms with van der Waals surface area (Å²) in [6, 6.07) is 6.47. The normalized spacial score (nSPS) is 19.8. The Kier molecular flexibility index (Phi) is 5.48. The number of aromatic nitrogens is 2. The van der Waals surface area contributed by atoms with E-state index in [1.54, 1.807) is 29.1 Å². The molecular weight excluding hydrogens is 367 g/mol. The molecule has 25 heavy (non-hydrogen) atoms. The van der Waals surface area contributed by atoms with Crippen LogP contribution in [-0.2, 0) is 11.3 Å². The highest BCUT2D eigenvalue weighted by atomic mass is 35.5. The monoisotopic (exact) mass is 384 g/mol. The molecule has 2 heterocycles. The summed E-state index contributed by atoms with van der Waals surface area (Å²) >= 11 is 12.1. The van der Waals surface area contributed by atoms with Crippen molar-refractivity contribution < 1.29 is 14.6 Å². The van der Waals surface area contributed by atoms with E-state index in [-0.39, 0.29) is 13.2 Å². The van der Waals surface area contributed by atoms with Gasteiger partial charge in [0, 0.05) is 29.1 Å². The molecule has 3 N–H and O–H groups in total. The fourth-order valence-electron chi connectivity index (χ4n) is 2.52. The van der Waals surface area contributed by atoms with Crippen molar-refractivity contribution >= 4 is 35.1 Å². The Morgan fingerprint density at radius 3 is 2.96 bits per heavy atom. The topological polar surface area (TPSA) is 88.4 Å². The minimum absolute atomic E-state index is 0.121. The van der Waals surface area contributed by atoms with Gasteiger partial charge >= 0.3 is 6.03 Å². The van der Waals surface area contributed by atoms with Gasteiger partial charge in [-0.2, -0.15) is 5.10 Å². The van der Waals surface area contributed by atoms with E-state index in [1.165, 1.54) is 0 Å². The van der Waals surface area contributed by atoms with E-state index >= 15 is 0 Å². The van der Waals surface area contributed by atoms with Crippen LogP contribution in [0.5, 0.6) is 0 Å². The van der Waals surface area contributed by atoms with Crippen LogP contribution in [0.15, 0.2) is 30.5 Å². The van der Waals surface area contributed by atoms with Crippen molar-refractivity contribution in [2.24, 2.45) is 0 Å². The SMILES string of the molecule is O=C(NCC1(O)CCOC1)Nc1ccnn1Cc1ccc(Cl)cc1Cl. The number of halogens is 2. The predicted molar refractivity (Wildman–Crippen MR) is 95.2 cm³/mol. The molecule has 0 radical (unpaired) electrons. The molecule has 0 aliphatic carbocycles. The number of hydrogen-bond donors (Lipinski definition) is 3. The zero-order valence-electron chi connectivity index (χ0n) is 13.3. The van der Waals surface area contributed by atoms with E-state index in [4.69, 9.17) is 27.9 Å². The van der Waals surface area contributed by atoms with E-state index in [0.29, 0.717) is 35.4 Å². The summed E-state index contributed by atoms with van der Waals surface area (Å²) in [7, 11) is 0. The molecule has 2 amide bonds. The van der Waals surface area contributed by atoms with Gasteiger partial charge in [-0.15, -0.1) is 0 Å². The molecular formula is C16H18Cl2N4O3. The number of aliphatic hydroxyl groups is 1. The van der Waals surface area contributed by atoms with Crippen LogP contribution in [0.1, 0.15) is 12.0 Å². The number of ether oxygens (including phenoxy) is 1. The second kappa shape index (κ2) is 7.61. The smallest absolute Gasteiger partial charge is 0.320 e. The molecule has 1 atom stereocenters. The van der Waals surface area contributed by atoms with Crippen molar-refractivity contribution in [2.45, 2.75) is 18.6 Å². The molecule has 1 aromatic carbocycles. The van der Waals surface area contributed by atoms with Crippen molar-refractivity contribution in [3.05, 3.63) is 46.1 Å². The van der Waals surface area contributed by atoms with Crippen molar-refractivity contribution in [2.75, 3.05) is 25.1 Å². The first-order valence-electron chi connectivity index (χ1n) is 7.76. The predicted octanol–water partition coefficient (Wildman–Crippen LogP) is 2.51. The largest absolute Gasteiger partial charge is 0.386 e. The van der Waals surface area contributed by atoms with Gasteiger partial charge < -0.3 is 15.2 Å². The summed E-state index contributed by atoms with van der Waals surface area (Å²) in [5.41, 5.74) is -0.176. The lowest BCUT2D eigenvalue weighted by atomic mass is 10.0. The number of anilines is 1. The molecule has 9 heteroatoms. The van der Waals surface area contributed by atoms with E-state index in [2.05, 4.69) is 15.7 Å². The second-order valence-electron chi connectivity index (χ2n) is 5.94. The lowest BCUT2D eigenvalue weighted by molar-refractivity contribution is 0.0295. The van der Waals surface area contributed by atoms with E-state index < -0.39 is 11.6 Å². The Morgan fingerprint density at radius 1 is 1.40 bits per heavy atom. The number of benzene rings is 1. The van der Waals surface area contributed by atoms with Crippen molar-refractivity contribution in [1.82, 2.24) is 15.1 Å². The number of carbonyl (C=O) groups is 1. The Bertz CT molecular complexity index is 760. The highest BCUT2D eigenvalue weighted by molar-refractivity contribution is 6.35. The minimum Gasteiger partial charge on any atom is -0.386 e. The van der Waals surface area contributed by atoms with Crippen molar-refractivity contribution in [3.8, 4) is 0 Å². The Morgan fingerprint density at radius 2 is 2.24 bits per heavy atom. The van der Waals surface area contributed by atoms with Crippen molar-refractivity contribution in [1.29, 1.82) is 0 Å². The number of nitrogens with one attached hydrogen (secondary N) is 2. The molecule has 0 saturated carbocycles. The highest BCUT2D eigenvalue weighted by Gasteiger charge is 2.32. The van der Waals surface area contributed by atoms with Crippen LogP contribution in [0.2, 0.25) is 10.0 Å². The summed E-state index contributed by atoms with van der Waals surface area (Å²) in [6.07, 6.45) is 2.08. The molecule has 134 valence electrons. The Balaban J connectivity index is 1.60. The third-order valence-corrected chi connectivity index (χ3v) is 4.54. The zero-order chi connectivity index (χ0) is 17.9. The van der Waals surface area contributed by atoms with Gasteiger partial charge in [-0.25, -0.2) is 9.48 Å². The lowest BCUT2D eigenvalue weighted by Crippen LogP contribution is -2.44. The Labute approximate surface area is 154 Å². The van der Waals surface area contributed by atoms with Crippen molar-refractivity contribution in [3.63, 3.8) is 0 Å².